The van der Waals surface area contributed by atoms with Crippen LogP contribution in [0.1, 0.15) is 33.1 Å². The molecule has 0 aromatic heterocycles. The van der Waals surface area contributed by atoms with Crippen LogP contribution in [0.2, 0.25) is 0 Å². The van der Waals surface area contributed by atoms with Crippen LogP contribution in [0.4, 0.5) is 0 Å². The first-order chi connectivity index (χ1) is 7.59. The maximum Gasteiger partial charge on any atom is 0.303 e. The van der Waals surface area contributed by atoms with E-state index in [4.69, 9.17) is 14.2 Å². The van der Waals surface area contributed by atoms with E-state index in [0.717, 1.165) is 31.6 Å². The van der Waals surface area contributed by atoms with Crippen LogP contribution in [0, 0.1) is 0 Å². The summed E-state index contributed by atoms with van der Waals surface area (Å²) in [5.74, 6) is -0.279. The summed E-state index contributed by atoms with van der Waals surface area (Å²) in [5, 5.41) is 0. The van der Waals surface area contributed by atoms with Gasteiger partial charge in [0.25, 0.3) is 0 Å². The lowest BCUT2D eigenvalue weighted by molar-refractivity contribution is -0.184. The molecular formula is C12H20O4. The van der Waals surface area contributed by atoms with Crippen molar-refractivity contribution in [3.63, 3.8) is 0 Å². The molecule has 1 saturated heterocycles. The predicted octanol–water partition coefficient (Wildman–Crippen LogP) is 2.04. The van der Waals surface area contributed by atoms with Gasteiger partial charge in [0.1, 0.15) is 6.10 Å². The molecule has 1 rings (SSSR count). The number of carbonyl (C=O) groups excluding carboxylic acids is 1. The molecule has 1 atom stereocenters. The second-order valence-corrected chi connectivity index (χ2v) is 4.05. The molecule has 1 unspecified atom stereocenters. The average molecular weight is 228 g/mol. The van der Waals surface area contributed by atoms with E-state index in [9.17, 15) is 4.79 Å². The molecule has 0 saturated carbocycles. The lowest BCUT2D eigenvalue weighted by atomic mass is 10.1. The Kier molecular flexibility index (Phi) is 5.49. The summed E-state index contributed by atoms with van der Waals surface area (Å²) in [4.78, 5) is 10.9. The topological polar surface area (TPSA) is 44.8 Å². The highest BCUT2D eigenvalue weighted by molar-refractivity contribution is 5.66. The zero-order chi connectivity index (χ0) is 12.0. The first kappa shape index (κ1) is 13.2. The molecule has 4 nitrogen and oxygen atoms in total. The van der Waals surface area contributed by atoms with Crippen LogP contribution in [0.15, 0.2) is 12.2 Å². The van der Waals surface area contributed by atoms with Crippen LogP contribution < -0.4 is 0 Å². The van der Waals surface area contributed by atoms with E-state index in [2.05, 4.69) is 6.58 Å². The highest BCUT2D eigenvalue weighted by atomic mass is 16.7. The zero-order valence-corrected chi connectivity index (χ0v) is 10.0. The predicted molar refractivity (Wildman–Crippen MR) is 59.9 cm³/mol. The number of ether oxygens (including phenoxy) is 3. The van der Waals surface area contributed by atoms with E-state index in [0.29, 0.717) is 6.42 Å². The summed E-state index contributed by atoms with van der Waals surface area (Å²) < 4.78 is 16.0. The van der Waals surface area contributed by atoms with E-state index in [1.165, 1.54) is 6.92 Å². The summed E-state index contributed by atoms with van der Waals surface area (Å²) in [6.45, 7) is 8.57. The molecule has 0 bridgehead atoms. The fourth-order valence-corrected chi connectivity index (χ4v) is 1.60. The number of hydrogen-bond donors (Lipinski definition) is 0. The van der Waals surface area contributed by atoms with Gasteiger partial charge in [0.2, 0.25) is 0 Å². The van der Waals surface area contributed by atoms with Gasteiger partial charge < -0.3 is 14.2 Å². The normalized spacial score (nSPS) is 19.1. The number of hydrogen-bond acceptors (Lipinski definition) is 4. The second kappa shape index (κ2) is 6.66. The monoisotopic (exact) mass is 228 g/mol. The van der Waals surface area contributed by atoms with Crippen molar-refractivity contribution in [3.8, 4) is 0 Å². The van der Waals surface area contributed by atoms with E-state index >= 15 is 0 Å². The minimum Gasteiger partial charge on any atom is -0.458 e. The molecule has 92 valence electrons. The SMILES string of the molecule is C=C(C)C(CCC1OCCCO1)OC(C)=O. The Balaban J connectivity index is 2.30. The molecule has 0 N–H and O–H groups in total. The third kappa shape index (κ3) is 4.77. The molecule has 0 spiro atoms. The van der Waals surface area contributed by atoms with Gasteiger partial charge in [-0.3, -0.25) is 4.79 Å². The van der Waals surface area contributed by atoms with Crippen molar-refractivity contribution >= 4 is 5.97 Å². The maximum atomic E-state index is 10.9. The first-order valence-corrected chi connectivity index (χ1v) is 5.65. The van der Waals surface area contributed by atoms with E-state index in [1.807, 2.05) is 6.92 Å². The number of esters is 1. The van der Waals surface area contributed by atoms with Crippen LogP contribution in [-0.4, -0.2) is 31.6 Å². The van der Waals surface area contributed by atoms with Crippen LogP contribution in [0.3, 0.4) is 0 Å². The van der Waals surface area contributed by atoms with Gasteiger partial charge in [-0.1, -0.05) is 6.58 Å². The van der Waals surface area contributed by atoms with Crippen LogP contribution in [0.25, 0.3) is 0 Å². The van der Waals surface area contributed by atoms with Crippen LogP contribution in [-0.2, 0) is 19.0 Å². The summed E-state index contributed by atoms with van der Waals surface area (Å²) in [7, 11) is 0. The Bertz CT molecular complexity index is 243. The van der Waals surface area contributed by atoms with Gasteiger partial charge in [-0.25, -0.2) is 0 Å². The quantitative estimate of drug-likeness (QED) is 0.533. The van der Waals surface area contributed by atoms with Crippen LogP contribution in [0.5, 0.6) is 0 Å². The summed E-state index contributed by atoms with van der Waals surface area (Å²) in [6, 6.07) is 0. The molecule has 0 radical (unpaired) electrons. The van der Waals surface area contributed by atoms with Gasteiger partial charge in [-0.15, -0.1) is 0 Å². The molecule has 4 heteroatoms. The molecule has 1 heterocycles. The summed E-state index contributed by atoms with van der Waals surface area (Å²) in [6.07, 6.45) is 1.98. The number of carbonyl (C=O) groups is 1. The van der Waals surface area contributed by atoms with Crippen LogP contribution >= 0.6 is 0 Å². The Morgan fingerprint density at radius 1 is 1.44 bits per heavy atom. The van der Waals surface area contributed by atoms with Crippen molar-refractivity contribution in [2.45, 2.75) is 45.5 Å². The lowest BCUT2D eigenvalue weighted by Crippen LogP contribution is -2.27. The van der Waals surface area contributed by atoms with Gasteiger partial charge in [0, 0.05) is 13.3 Å². The smallest absolute Gasteiger partial charge is 0.303 e. The van der Waals surface area contributed by atoms with Gasteiger partial charge in [-0.2, -0.15) is 0 Å². The van der Waals surface area contributed by atoms with Crippen molar-refractivity contribution in [3.05, 3.63) is 12.2 Å². The molecule has 0 amide bonds. The summed E-state index contributed by atoms with van der Waals surface area (Å²) in [5.41, 5.74) is 0.853. The number of rotatable bonds is 5. The largest absolute Gasteiger partial charge is 0.458 e. The highest BCUT2D eigenvalue weighted by Gasteiger charge is 2.19. The van der Waals surface area contributed by atoms with Gasteiger partial charge in [0.15, 0.2) is 6.29 Å². The molecule has 1 aliphatic rings. The average Bonchev–Trinajstić information content (AvgIpc) is 2.25. The van der Waals surface area contributed by atoms with Crippen molar-refractivity contribution < 1.29 is 19.0 Å². The lowest BCUT2D eigenvalue weighted by Gasteiger charge is -2.25. The van der Waals surface area contributed by atoms with E-state index in [1.54, 1.807) is 0 Å². The second-order valence-electron chi connectivity index (χ2n) is 4.05. The Morgan fingerprint density at radius 3 is 2.56 bits per heavy atom. The van der Waals surface area contributed by atoms with E-state index < -0.39 is 0 Å². The van der Waals surface area contributed by atoms with Gasteiger partial charge >= 0.3 is 5.97 Å². The molecule has 0 aromatic rings. The van der Waals surface area contributed by atoms with Crippen molar-refractivity contribution in [2.24, 2.45) is 0 Å². The molecule has 16 heavy (non-hydrogen) atoms. The minimum atomic E-state index is -0.279. The fourth-order valence-electron chi connectivity index (χ4n) is 1.60. The molecule has 1 aliphatic heterocycles. The van der Waals surface area contributed by atoms with Gasteiger partial charge in [0.05, 0.1) is 13.2 Å². The highest BCUT2D eigenvalue weighted by Crippen LogP contribution is 2.17. The van der Waals surface area contributed by atoms with E-state index in [-0.39, 0.29) is 18.4 Å². The van der Waals surface area contributed by atoms with Gasteiger partial charge in [-0.05, 0) is 25.3 Å². The van der Waals surface area contributed by atoms with Crippen molar-refractivity contribution in [1.82, 2.24) is 0 Å². The molecule has 1 fully saturated rings. The van der Waals surface area contributed by atoms with Crippen molar-refractivity contribution in [1.29, 1.82) is 0 Å². The zero-order valence-electron chi connectivity index (χ0n) is 10.0. The first-order valence-electron chi connectivity index (χ1n) is 5.65. The molecule has 0 aromatic carbocycles. The van der Waals surface area contributed by atoms with Crippen molar-refractivity contribution in [2.75, 3.05) is 13.2 Å². The summed E-state index contributed by atoms with van der Waals surface area (Å²) >= 11 is 0. The standard InChI is InChI=1S/C12H20O4/c1-9(2)11(16-10(3)13)5-6-12-14-7-4-8-15-12/h11-12H,1,4-8H2,2-3H3. The molecular weight excluding hydrogens is 208 g/mol. The minimum absolute atomic E-state index is 0.161. The Morgan fingerprint density at radius 2 is 2.06 bits per heavy atom. The maximum absolute atomic E-state index is 10.9. The molecule has 0 aliphatic carbocycles. The third-order valence-corrected chi connectivity index (χ3v) is 2.42. The Hall–Kier alpha value is -0.870. The third-order valence-electron chi connectivity index (χ3n) is 2.42. The fraction of sp³-hybridized carbons (Fsp3) is 0.750. The Labute approximate surface area is 96.6 Å².